The standard InChI is InChI=1S/C13H24N2OS/c1-10-3-4-11(2)15(8-10)13(16)7-12-9-17-6-5-14-12/h10-12,14H,3-9H2,1-2H3. The highest BCUT2D eigenvalue weighted by Crippen LogP contribution is 2.22. The van der Waals surface area contributed by atoms with Crippen LogP contribution in [0.1, 0.15) is 33.1 Å². The summed E-state index contributed by atoms with van der Waals surface area (Å²) in [6, 6.07) is 0.834. The molecule has 3 unspecified atom stereocenters. The normalized spacial score (nSPS) is 34.7. The van der Waals surface area contributed by atoms with E-state index in [1.165, 1.54) is 18.6 Å². The van der Waals surface area contributed by atoms with Gasteiger partial charge in [0.25, 0.3) is 0 Å². The Kier molecular flexibility index (Phi) is 4.74. The monoisotopic (exact) mass is 256 g/mol. The lowest BCUT2D eigenvalue weighted by Gasteiger charge is -2.38. The number of carbonyl (C=O) groups is 1. The smallest absolute Gasteiger partial charge is 0.224 e. The third-order valence-corrected chi connectivity index (χ3v) is 4.99. The summed E-state index contributed by atoms with van der Waals surface area (Å²) >= 11 is 1.96. The van der Waals surface area contributed by atoms with Crippen molar-refractivity contribution in [3.63, 3.8) is 0 Å². The van der Waals surface area contributed by atoms with Gasteiger partial charge in [0, 0.05) is 43.1 Å². The number of nitrogens with zero attached hydrogens (tertiary/aromatic N) is 1. The fourth-order valence-corrected chi connectivity index (χ4v) is 3.66. The number of hydrogen-bond donors (Lipinski definition) is 1. The van der Waals surface area contributed by atoms with E-state index in [-0.39, 0.29) is 0 Å². The van der Waals surface area contributed by atoms with Gasteiger partial charge in [-0.05, 0) is 25.7 Å². The first-order valence-electron chi connectivity index (χ1n) is 6.77. The third-order valence-electron chi connectivity index (χ3n) is 3.86. The molecule has 0 aromatic rings. The van der Waals surface area contributed by atoms with Crippen LogP contribution in [0.3, 0.4) is 0 Å². The Balaban J connectivity index is 1.85. The average Bonchev–Trinajstić information content (AvgIpc) is 2.33. The fourth-order valence-electron chi connectivity index (χ4n) is 2.72. The molecule has 2 rings (SSSR count). The molecule has 2 heterocycles. The molecule has 2 saturated heterocycles. The Morgan fingerprint density at radius 2 is 2.24 bits per heavy atom. The molecule has 0 saturated carbocycles. The van der Waals surface area contributed by atoms with Crippen LogP contribution >= 0.6 is 11.8 Å². The van der Waals surface area contributed by atoms with E-state index in [0.29, 0.717) is 30.3 Å². The van der Waals surface area contributed by atoms with E-state index in [4.69, 9.17) is 0 Å². The lowest BCUT2D eigenvalue weighted by atomic mass is 9.94. The molecular weight excluding hydrogens is 232 g/mol. The van der Waals surface area contributed by atoms with Crippen LogP contribution in [0.15, 0.2) is 0 Å². The number of nitrogens with one attached hydrogen (secondary N) is 1. The lowest BCUT2D eigenvalue weighted by molar-refractivity contribution is -0.135. The number of thioether (sulfide) groups is 1. The van der Waals surface area contributed by atoms with Gasteiger partial charge in [-0.3, -0.25) is 4.79 Å². The van der Waals surface area contributed by atoms with E-state index in [1.807, 2.05) is 11.8 Å². The van der Waals surface area contributed by atoms with E-state index in [9.17, 15) is 4.79 Å². The predicted octanol–water partition coefficient (Wildman–Crippen LogP) is 1.73. The minimum Gasteiger partial charge on any atom is -0.340 e. The van der Waals surface area contributed by atoms with Crippen molar-refractivity contribution in [3.8, 4) is 0 Å². The molecule has 0 radical (unpaired) electrons. The molecule has 3 nitrogen and oxygen atoms in total. The minimum absolute atomic E-state index is 0.351. The number of amides is 1. The summed E-state index contributed by atoms with van der Waals surface area (Å²) in [7, 11) is 0. The van der Waals surface area contributed by atoms with Gasteiger partial charge in [0.15, 0.2) is 0 Å². The third kappa shape index (κ3) is 3.62. The second kappa shape index (κ2) is 6.10. The molecular formula is C13H24N2OS. The van der Waals surface area contributed by atoms with Gasteiger partial charge < -0.3 is 10.2 Å². The van der Waals surface area contributed by atoms with Crippen molar-refractivity contribution < 1.29 is 4.79 Å². The molecule has 0 bridgehead atoms. The van der Waals surface area contributed by atoms with Crippen LogP contribution in [-0.4, -0.2) is 47.5 Å². The Bertz CT molecular complexity index is 266. The summed E-state index contributed by atoms with van der Waals surface area (Å²) in [5.74, 6) is 3.29. The van der Waals surface area contributed by atoms with E-state index >= 15 is 0 Å². The largest absolute Gasteiger partial charge is 0.340 e. The molecule has 2 aliphatic rings. The highest BCUT2D eigenvalue weighted by Gasteiger charge is 2.28. The molecule has 0 aromatic heterocycles. The molecule has 0 aliphatic carbocycles. The maximum Gasteiger partial charge on any atom is 0.224 e. The Labute approximate surface area is 109 Å². The fraction of sp³-hybridized carbons (Fsp3) is 0.923. The number of rotatable bonds is 2. The van der Waals surface area contributed by atoms with Crippen molar-refractivity contribution in [2.24, 2.45) is 5.92 Å². The topological polar surface area (TPSA) is 32.3 Å². The van der Waals surface area contributed by atoms with Crippen molar-refractivity contribution in [2.45, 2.75) is 45.2 Å². The van der Waals surface area contributed by atoms with Gasteiger partial charge in [0.2, 0.25) is 5.91 Å². The maximum absolute atomic E-state index is 12.3. The Morgan fingerprint density at radius 1 is 1.41 bits per heavy atom. The molecule has 2 aliphatic heterocycles. The molecule has 17 heavy (non-hydrogen) atoms. The van der Waals surface area contributed by atoms with E-state index in [2.05, 4.69) is 24.1 Å². The van der Waals surface area contributed by atoms with Crippen molar-refractivity contribution in [2.75, 3.05) is 24.6 Å². The van der Waals surface area contributed by atoms with Crippen LogP contribution in [0.5, 0.6) is 0 Å². The first-order valence-corrected chi connectivity index (χ1v) is 7.93. The van der Waals surface area contributed by atoms with Crippen LogP contribution in [0.25, 0.3) is 0 Å². The van der Waals surface area contributed by atoms with Crippen LogP contribution in [0.4, 0.5) is 0 Å². The van der Waals surface area contributed by atoms with Gasteiger partial charge in [0.1, 0.15) is 0 Å². The van der Waals surface area contributed by atoms with E-state index in [1.54, 1.807) is 0 Å². The molecule has 0 spiro atoms. The van der Waals surface area contributed by atoms with Gasteiger partial charge in [0.05, 0.1) is 0 Å². The molecule has 1 amide bonds. The zero-order chi connectivity index (χ0) is 12.3. The second-order valence-electron chi connectivity index (χ2n) is 5.51. The zero-order valence-corrected chi connectivity index (χ0v) is 11.8. The summed E-state index contributed by atoms with van der Waals surface area (Å²) in [6.07, 6.45) is 3.12. The first kappa shape index (κ1) is 13.2. The average molecular weight is 256 g/mol. The molecule has 3 atom stereocenters. The molecule has 2 fully saturated rings. The van der Waals surface area contributed by atoms with Crippen molar-refractivity contribution in [1.82, 2.24) is 10.2 Å². The lowest BCUT2D eigenvalue weighted by Crippen LogP contribution is -2.48. The number of hydrogen-bond acceptors (Lipinski definition) is 3. The van der Waals surface area contributed by atoms with E-state index < -0.39 is 0 Å². The second-order valence-corrected chi connectivity index (χ2v) is 6.66. The minimum atomic E-state index is 0.351. The van der Waals surface area contributed by atoms with Gasteiger partial charge in [-0.2, -0.15) is 11.8 Å². The predicted molar refractivity (Wildman–Crippen MR) is 73.3 cm³/mol. The molecule has 1 N–H and O–H groups in total. The first-order chi connectivity index (χ1) is 8.16. The number of likely N-dealkylation sites (tertiary alicyclic amines) is 1. The van der Waals surface area contributed by atoms with Gasteiger partial charge in [-0.1, -0.05) is 6.92 Å². The quantitative estimate of drug-likeness (QED) is 0.816. The molecule has 98 valence electrons. The van der Waals surface area contributed by atoms with Crippen LogP contribution in [0, 0.1) is 5.92 Å². The van der Waals surface area contributed by atoms with Gasteiger partial charge in [-0.25, -0.2) is 0 Å². The van der Waals surface area contributed by atoms with Crippen LogP contribution in [0.2, 0.25) is 0 Å². The highest BCUT2D eigenvalue weighted by atomic mass is 32.2. The van der Waals surface area contributed by atoms with Crippen molar-refractivity contribution in [1.29, 1.82) is 0 Å². The van der Waals surface area contributed by atoms with Crippen molar-refractivity contribution >= 4 is 17.7 Å². The Hall–Kier alpha value is -0.220. The summed E-state index contributed by atoms with van der Waals surface area (Å²) in [6.45, 7) is 6.45. The summed E-state index contributed by atoms with van der Waals surface area (Å²) < 4.78 is 0. The Morgan fingerprint density at radius 3 is 2.94 bits per heavy atom. The van der Waals surface area contributed by atoms with Crippen molar-refractivity contribution in [3.05, 3.63) is 0 Å². The van der Waals surface area contributed by atoms with E-state index in [0.717, 1.165) is 18.8 Å². The number of carbonyl (C=O) groups excluding carboxylic acids is 1. The van der Waals surface area contributed by atoms with Crippen LogP contribution < -0.4 is 5.32 Å². The summed E-state index contributed by atoms with van der Waals surface area (Å²) in [5.41, 5.74) is 0. The van der Waals surface area contributed by atoms with Gasteiger partial charge >= 0.3 is 0 Å². The molecule has 4 heteroatoms. The zero-order valence-electron chi connectivity index (χ0n) is 10.9. The SMILES string of the molecule is CC1CCC(C)N(C(=O)CC2CSCCN2)C1. The highest BCUT2D eigenvalue weighted by molar-refractivity contribution is 7.99. The number of piperidine rings is 1. The van der Waals surface area contributed by atoms with Gasteiger partial charge in [-0.15, -0.1) is 0 Å². The molecule has 0 aromatic carbocycles. The summed E-state index contributed by atoms with van der Waals surface area (Å²) in [4.78, 5) is 14.4. The van der Waals surface area contributed by atoms with Crippen LogP contribution in [-0.2, 0) is 4.79 Å². The maximum atomic E-state index is 12.3. The summed E-state index contributed by atoms with van der Waals surface area (Å²) in [5, 5.41) is 3.45.